The normalized spacial score (nSPS) is 34.8. The average molecular weight is 212 g/mol. The molecule has 4 atom stereocenters. The van der Waals surface area contributed by atoms with Crippen molar-refractivity contribution < 1.29 is 19.4 Å². The molecule has 0 radical (unpaired) electrons. The fourth-order valence-electron chi connectivity index (χ4n) is 2.44. The van der Waals surface area contributed by atoms with E-state index in [1.165, 1.54) is 7.11 Å². The number of esters is 1. The van der Waals surface area contributed by atoms with Crippen LogP contribution in [0.15, 0.2) is 12.7 Å². The lowest BCUT2D eigenvalue weighted by atomic mass is 9.87. The lowest BCUT2D eigenvalue weighted by Crippen LogP contribution is -2.31. The highest BCUT2D eigenvalue weighted by Crippen LogP contribution is 2.42. The lowest BCUT2D eigenvalue weighted by molar-refractivity contribution is -0.156. The Balaban J connectivity index is 2.97. The van der Waals surface area contributed by atoms with E-state index in [0.717, 1.165) is 0 Å². The first-order chi connectivity index (χ1) is 7.02. The number of methoxy groups -OCH3 is 1. The molecule has 0 aromatic heterocycles. The van der Waals surface area contributed by atoms with Crippen LogP contribution in [0.4, 0.5) is 0 Å². The number of rotatable bonds is 3. The summed E-state index contributed by atoms with van der Waals surface area (Å²) in [5.74, 6) is -2.72. The van der Waals surface area contributed by atoms with Crippen LogP contribution >= 0.6 is 0 Å². The molecule has 4 heteroatoms. The number of hydrogen-bond acceptors (Lipinski definition) is 3. The zero-order valence-electron chi connectivity index (χ0n) is 8.97. The van der Waals surface area contributed by atoms with E-state index in [1.54, 1.807) is 6.08 Å². The summed E-state index contributed by atoms with van der Waals surface area (Å²) in [6, 6.07) is 0. The molecule has 0 spiro atoms. The summed E-state index contributed by atoms with van der Waals surface area (Å²) in [5, 5.41) is 9.07. The van der Waals surface area contributed by atoms with Gasteiger partial charge in [0.15, 0.2) is 0 Å². The Kier molecular flexibility index (Phi) is 3.50. The first-order valence-corrected chi connectivity index (χ1v) is 4.96. The van der Waals surface area contributed by atoms with Crippen LogP contribution in [0.3, 0.4) is 0 Å². The van der Waals surface area contributed by atoms with Crippen LogP contribution in [-0.2, 0) is 14.3 Å². The molecule has 0 aliphatic heterocycles. The highest BCUT2D eigenvalue weighted by Gasteiger charge is 2.48. The Morgan fingerprint density at radius 3 is 2.47 bits per heavy atom. The predicted molar refractivity (Wildman–Crippen MR) is 54.1 cm³/mol. The maximum atomic E-state index is 11.5. The molecular formula is C11H16O4. The van der Waals surface area contributed by atoms with Gasteiger partial charge >= 0.3 is 11.9 Å². The molecule has 1 saturated carbocycles. The number of aliphatic carboxylic acids is 1. The van der Waals surface area contributed by atoms with Gasteiger partial charge in [0.1, 0.15) is 0 Å². The summed E-state index contributed by atoms with van der Waals surface area (Å²) in [6.07, 6.45) is 2.33. The van der Waals surface area contributed by atoms with Crippen LogP contribution in [0.2, 0.25) is 0 Å². The van der Waals surface area contributed by atoms with Gasteiger partial charge in [0.2, 0.25) is 0 Å². The molecule has 4 nitrogen and oxygen atoms in total. The van der Waals surface area contributed by atoms with Gasteiger partial charge in [0, 0.05) is 0 Å². The van der Waals surface area contributed by atoms with Gasteiger partial charge in [0.05, 0.1) is 18.9 Å². The maximum absolute atomic E-state index is 11.5. The van der Waals surface area contributed by atoms with E-state index in [0.29, 0.717) is 6.42 Å². The molecule has 84 valence electrons. The molecule has 1 rings (SSSR count). The number of carboxylic acid groups (broad SMARTS) is 1. The first kappa shape index (κ1) is 11.8. The van der Waals surface area contributed by atoms with E-state index >= 15 is 0 Å². The fraction of sp³-hybridized carbons (Fsp3) is 0.636. The first-order valence-electron chi connectivity index (χ1n) is 4.96. The molecule has 15 heavy (non-hydrogen) atoms. The van der Waals surface area contributed by atoms with Crippen molar-refractivity contribution >= 4 is 11.9 Å². The number of ether oxygens (including phenoxy) is 1. The third kappa shape index (κ3) is 2.03. The Morgan fingerprint density at radius 1 is 1.47 bits per heavy atom. The van der Waals surface area contributed by atoms with Crippen molar-refractivity contribution in [2.24, 2.45) is 23.7 Å². The Hall–Kier alpha value is -1.32. The monoisotopic (exact) mass is 212 g/mol. The molecule has 1 fully saturated rings. The topological polar surface area (TPSA) is 63.6 Å². The molecular weight excluding hydrogens is 196 g/mol. The van der Waals surface area contributed by atoms with E-state index in [1.807, 2.05) is 6.92 Å². The summed E-state index contributed by atoms with van der Waals surface area (Å²) in [4.78, 5) is 22.6. The highest BCUT2D eigenvalue weighted by molar-refractivity contribution is 5.82. The average Bonchev–Trinajstić information content (AvgIpc) is 2.53. The second-order valence-electron chi connectivity index (χ2n) is 4.03. The summed E-state index contributed by atoms with van der Waals surface area (Å²) in [5.41, 5.74) is 0. The zero-order valence-corrected chi connectivity index (χ0v) is 8.97. The third-order valence-corrected chi connectivity index (χ3v) is 3.17. The van der Waals surface area contributed by atoms with Gasteiger partial charge in [-0.3, -0.25) is 9.59 Å². The quantitative estimate of drug-likeness (QED) is 0.566. The van der Waals surface area contributed by atoms with Gasteiger partial charge < -0.3 is 9.84 Å². The van der Waals surface area contributed by atoms with Crippen molar-refractivity contribution in [3.8, 4) is 0 Å². The van der Waals surface area contributed by atoms with Gasteiger partial charge in [-0.1, -0.05) is 13.0 Å². The van der Waals surface area contributed by atoms with Crippen molar-refractivity contribution in [1.82, 2.24) is 0 Å². The second kappa shape index (κ2) is 4.47. The minimum atomic E-state index is -0.928. The van der Waals surface area contributed by atoms with E-state index in [9.17, 15) is 9.59 Å². The van der Waals surface area contributed by atoms with Crippen LogP contribution in [-0.4, -0.2) is 24.2 Å². The number of hydrogen-bond donors (Lipinski definition) is 1. The SMILES string of the molecule is C=CC1CC(C)C(C(=O)O)C1C(=O)OC. The van der Waals surface area contributed by atoms with Gasteiger partial charge in [-0.2, -0.15) is 0 Å². The smallest absolute Gasteiger partial charge is 0.310 e. The Bertz CT molecular complexity index is 284. The van der Waals surface area contributed by atoms with Crippen LogP contribution in [0, 0.1) is 23.7 Å². The summed E-state index contributed by atoms with van der Waals surface area (Å²) < 4.78 is 4.64. The molecule has 1 aliphatic rings. The van der Waals surface area contributed by atoms with E-state index in [4.69, 9.17) is 5.11 Å². The van der Waals surface area contributed by atoms with Crippen LogP contribution in [0.5, 0.6) is 0 Å². The fourth-order valence-corrected chi connectivity index (χ4v) is 2.44. The van der Waals surface area contributed by atoms with Crippen LogP contribution < -0.4 is 0 Å². The molecule has 0 aromatic rings. The van der Waals surface area contributed by atoms with Gasteiger partial charge in [0.25, 0.3) is 0 Å². The molecule has 0 amide bonds. The van der Waals surface area contributed by atoms with Crippen molar-refractivity contribution in [2.45, 2.75) is 13.3 Å². The van der Waals surface area contributed by atoms with Gasteiger partial charge in [-0.15, -0.1) is 6.58 Å². The van der Waals surface area contributed by atoms with Crippen molar-refractivity contribution in [3.05, 3.63) is 12.7 Å². The molecule has 0 aromatic carbocycles. The molecule has 4 unspecified atom stereocenters. The summed E-state index contributed by atoms with van der Waals surface area (Å²) >= 11 is 0. The Labute approximate surface area is 88.9 Å². The summed E-state index contributed by atoms with van der Waals surface area (Å²) in [7, 11) is 1.28. The number of allylic oxidation sites excluding steroid dienone is 1. The minimum absolute atomic E-state index is 0.0189. The second-order valence-corrected chi connectivity index (χ2v) is 4.03. The van der Waals surface area contributed by atoms with Crippen molar-refractivity contribution in [1.29, 1.82) is 0 Å². The largest absolute Gasteiger partial charge is 0.481 e. The number of carbonyl (C=O) groups is 2. The van der Waals surface area contributed by atoms with Crippen molar-refractivity contribution in [2.75, 3.05) is 7.11 Å². The van der Waals surface area contributed by atoms with E-state index in [-0.39, 0.29) is 11.8 Å². The third-order valence-electron chi connectivity index (χ3n) is 3.17. The Morgan fingerprint density at radius 2 is 2.07 bits per heavy atom. The van der Waals surface area contributed by atoms with E-state index < -0.39 is 23.8 Å². The summed E-state index contributed by atoms with van der Waals surface area (Å²) in [6.45, 7) is 5.48. The standard InChI is InChI=1S/C11H16O4/c1-4-7-5-6(2)8(10(12)13)9(7)11(14)15-3/h4,6-9H,1,5H2,2-3H3,(H,12,13). The van der Waals surface area contributed by atoms with Crippen LogP contribution in [0.1, 0.15) is 13.3 Å². The van der Waals surface area contributed by atoms with E-state index in [2.05, 4.69) is 11.3 Å². The van der Waals surface area contributed by atoms with Gasteiger partial charge in [-0.25, -0.2) is 0 Å². The molecule has 0 heterocycles. The zero-order chi connectivity index (χ0) is 11.6. The molecule has 0 bridgehead atoms. The number of carbonyl (C=O) groups excluding carboxylic acids is 1. The maximum Gasteiger partial charge on any atom is 0.310 e. The molecule has 1 aliphatic carbocycles. The molecule has 0 saturated heterocycles. The van der Waals surface area contributed by atoms with Crippen molar-refractivity contribution in [3.63, 3.8) is 0 Å². The molecule has 1 N–H and O–H groups in total. The van der Waals surface area contributed by atoms with Crippen LogP contribution in [0.25, 0.3) is 0 Å². The lowest BCUT2D eigenvalue weighted by Gasteiger charge is -2.18. The predicted octanol–water partition coefficient (Wildman–Crippen LogP) is 1.32. The minimum Gasteiger partial charge on any atom is -0.481 e. The highest BCUT2D eigenvalue weighted by atomic mass is 16.5. The van der Waals surface area contributed by atoms with Gasteiger partial charge in [-0.05, 0) is 18.3 Å². The number of carboxylic acids is 1.